The van der Waals surface area contributed by atoms with E-state index in [4.69, 9.17) is 0 Å². The van der Waals surface area contributed by atoms with Crippen LogP contribution in [0.4, 0.5) is 0 Å². The van der Waals surface area contributed by atoms with Gasteiger partial charge >= 0.3 is 0 Å². The van der Waals surface area contributed by atoms with Gasteiger partial charge in [-0.05, 0) is 59.0 Å². The van der Waals surface area contributed by atoms with Crippen molar-refractivity contribution in [2.75, 3.05) is 13.1 Å². The van der Waals surface area contributed by atoms with Gasteiger partial charge in [-0.3, -0.25) is 4.98 Å². The molecule has 1 heterocycles. The molecule has 21 heavy (non-hydrogen) atoms. The van der Waals surface area contributed by atoms with Gasteiger partial charge in [-0.15, -0.1) is 0 Å². The lowest BCUT2D eigenvalue weighted by Crippen LogP contribution is -2.32. The average Bonchev–Trinajstić information content (AvgIpc) is 2.49. The highest BCUT2D eigenvalue weighted by Gasteiger charge is 2.22. The van der Waals surface area contributed by atoms with Crippen molar-refractivity contribution in [3.8, 4) is 0 Å². The van der Waals surface area contributed by atoms with E-state index in [9.17, 15) is 8.42 Å². The Hall–Kier alpha value is -0.990. The van der Waals surface area contributed by atoms with E-state index >= 15 is 0 Å². The molecule has 0 saturated heterocycles. The number of hydrogen-bond donors (Lipinski definition) is 0. The summed E-state index contributed by atoms with van der Waals surface area (Å²) in [6.45, 7) is 2.73. The molecule has 0 unspecified atom stereocenters. The zero-order valence-electron chi connectivity index (χ0n) is 11.7. The molecule has 2 aromatic rings. The molecule has 1 aromatic heterocycles. The predicted octanol–water partition coefficient (Wildman–Crippen LogP) is 2.94. The highest BCUT2D eigenvalue weighted by atomic mass is 127. The van der Waals surface area contributed by atoms with Crippen molar-refractivity contribution in [1.29, 1.82) is 0 Å². The van der Waals surface area contributed by atoms with E-state index in [1.165, 1.54) is 4.31 Å². The summed E-state index contributed by atoms with van der Waals surface area (Å²) in [6.07, 6.45) is 2.33. The van der Waals surface area contributed by atoms with Crippen molar-refractivity contribution in [3.05, 3.63) is 57.9 Å². The maximum Gasteiger partial charge on any atom is 0.243 e. The van der Waals surface area contributed by atoms with Gasteiger partial charge in [-0.1, -0.05) is 13.0 Å². The molecule has 1 aromatic carbocycles. The highest BCUT2D eigenvalue weighted by molar-refractivity contribution is 14.1. The summed E-state index contributed by atoms with van der Waals surface area (Å²) in [7, 11) is -3.44. The highest BCUT2D eigenvalue weighted by Crippen LogP contribution is 2.17. The second kappa shape index (κ2) is 7.33. The molecule has 0 fully saturated rings. The molecule has 0 aliphatic carbocycles. The smallest absolute Gasteiger partial charge is 0.243 e. The van der Waals surface area contributed by atoms with Crippen LogP contribution in [0.25, 0.3) is 0 Å². The van der Waals surface area contributed by atoms with Crippen LogP contribution in [-0.2, 0) is 16.4 Å². The van der Waals surface area contributed by atoms with Crippen LogP contribution in [-0.4, -0.2) is 30.8 Å². The maximum atomic E-state index is 12.6. The predicted molar refractivity (Wildman–Crippen MR) is 91.5 cm³/mol. The van der Waals surface area contributed by atoms with Crippen molar-refractivity contribution >= 4 is 32.6 Å². The van der Waals surface area contributed by atoms with Crippen molar-refractivity contribution in [2.24, 2.45) is 0 Å². The first-order valence-electron chi connectivity index (χ1n) is 6.69. The van der Waals surface area contributed by atoms with Crippen LogP contribution in [0.1, 0.15) is 12.6 Å². The topological polar surface area (TPSA) is 50.3 Å². The first-order chi connectivity index (χ1) is 10.0. The Morgan fingerprint density at radius 3 is 2.43 bits per heavy atom. The molecule has 0 atom stereocenters. The maximum absolute atomic E-state index is 12.6. The fraction of sp³-hybridized carbons (Fsp3) is 0.267. The van der Waals surface area contributed by atoms with E-state index in [0.717, 1.165) is 9.26 Å². The number of pyridine rings is 1. The molecule has 0 aliphatic heterocycles. The summed E-state index contributed by atoms with van der Waals surface area (Å²) >= 11 is 2.16. The van der Waals surface area contributed by atoms with Gasteiger partial charge in [0.1, 0.15) is 0 Å². The number of hydrogen-bond acceptors (Lipinski definition) is 3. The summed E-state index contributed by atoms with van der Waals surface area (Å²) in [5.41, 5.74) is 0.897. The van der Waals surface area contributed by atoms with Crippen molar-refractivity contribution in [3.63, 3.8) is 0 Å². The Morgan fingerprint density at radius 1 is 1.14 bits per heavy atom. The van der Waals surface area contributed by atoms with Gasteiger partial charge in [0, 0.05) is 35.0 Å². The Bertz CT molecular complexity index is 673. The van der Waals surface area contributed by atoms with Crippen molar-refractivity contribution < 1.29 is 8.42 Å². The van der Waals surface area contributed by atoms with Gasteiger partial charge in [0.25, 0.3) is 0 Å². The molecule has 4 nitrogen and oxygen atoms in total. The number of likely N-dealkylation sites (N-methyl/N-ethyl adjacent to an activating group) is 1. The standard InChI is InChI=1S/C15H17IN2O2S/c1-2-18(12-10-14-5-3-4-11-17-14)21(19,20)15-8-6-13(16)7-9-15/h3-9,11H,2,10,12H2,1H3. The van der Waals surface area contributed by atoms with E-state index < -0.39 is 10.0 Å². The molecular weight excluding hydrogens is 399 g/mol. The molecule has 0 radical (unpaired) electrons. The first-order valence-corrected chi connectivity index (χ1v) is 9.21. The molecule has 0 N–H and O–H groups in total. The molecule has 0 bridgehead atoms. The summed E-state index contributed by atoms with van der Waals surface area (Å²) in [5.74, 6) is 0. The van der Waals surface area contributed by atoms with Gasteiger partial charge in [0.05, 0.1) is 4.90 Å². The third-order valence-corrected chi connectivity index (χ3v) is 5.86. The Balaban J connectivity index is 2.14. The SMILES string of the molecule is CCN(CCc1ccccn1)S(=O)(=O)c1ccc(I)cc1. The fourth-order valence-electron chi connectivity index (χ4n) is 1.99. The van der Waals surface area contributed by atoms with E-state index in [-0.39, 0.29) is 0 Å². The number of aromatic nitrogens is 1. The van der Waals surface area contributed by atoms with Gasteiger partial charge in [0.15, 0.2) is 0 Å². The Morgan fingerprint density at radius 2 is 1.86 bits per heavy atom. The Labute approximate surface area is 139 Å². The monoisotopic (exact) mass is 416 g/mol. The quantitative estimate of drug-likeness (QED) is 0.681. The van der Waals surface area contributed by atoms with Crippen LogP contribution < -0.4 is 0 Å². The molecule has 0 aliphatic rings. The van der Waals surface area contributed by atoms with Crippen LogP contribution in [0, 0.1) is 3.57 Å². The largest absolute Gasteiger partial charge is 0.261 e. The van der Waals surface area contributed by atoms with E-state index in [1.807, 2.05) is 25.1 Å². The minimum absolute atomic E-state index is 0.339. The normalized spacial score (nSPS) is 11.8. The average molecular weight is 416 g/mol. The zero-order valence-corrected chi connectivity index (χ0v) is 14.7. The van der Waals surface area contributed by atoms with Crippen LogP contribution in [0.3, 0.4) is 0 Å². The summed E-state index contributed by atoms with van der Waals surface area (Å²) in [4.78, 5) is 4.57. The van der Waals surface area contributed by atoms with Gasteiger partial charge in [-0.25, -0.2) is 8.42 Å². The number of halogens is 1. The van der Waals surface area contributed by atoms with Crippen LogP contribution >= 0.6 is 22.6 Å². The molecular formula is C15H17IN2O2S. The first kappa shape index (κ1) is 16.4. The van der Waals surface area contributed by atoms with Crippen LogP contribution in [0.2, 0.25) is 0 Å². The molecule has 0 saturated carbocycles. The number of sulfonamides is 1. The third-order valence-electron chi connectivity index (χ3n) is 3.15. The van der Waals surface area contributed by atoms with Crippen molar-refractivity contribution in [2.45, 2.75) is 18.2 Å². The molecule has 2 rings (SSSR count). The third kappa shape index (κ3) is 4.24. The van der Waals surface area contributed by atoms with E-state index in [0.29, 0.717) is 24.4 Å². The zero-order chi connectivity index (χ0) is 15.3. The van der Waals surface area contributed by atoms with Gasteiger partial charge in [-0.2, -0.15) is 4.31 Å². The van der Waals surface area contributed by atoms with Crippen molar-refractivity contribution in [1.82, 2.24) is 9.29 Å². The minimum Gasteiger partial charge on any atom is -0.261 e. The van der Waals surface area contributed by atoms with Gasteiger partial charge < -0.3 is 0 Å². The molecule has 0 amide bonds. The number of benzene rings is 1. The van der Waals surface area contributed by atoms with Crippen LogP contribution in [0.5, 0.6) is 0 Å². The number of nitrogens with zero attached hydrogens (tertiary/aromatic N) is 2. The number of rotatable bonds is 6. The van der Waals surface area contributed by atoms with E-state index in [2.05, 4.69) is 27.6 Å². The van der Waals surface area contributed by atoms with E-state index in [1.54, 1.807) is 30.5 Å². The van der Waals surface area contributed by atoms with Gasteiger partial charge in [0.2, 0.25) is 10.0 Å². The fourth-order valence-corrected chi connectivity index (χ4v) is 3.80. The van der Waals surface area contributed by atoms with Crippen LogP contribution in [0.15, 0.2) is 53.6 Å². The summed E-state index contributed by atoms with van der Waals surface area (Å²) in [5, 5.41) is 0. The lowest BCUT2D eigenvalue weighted by Gasteiger charge is -2.20. The second-order valence-corrected chi connectivity index (χ2v) is 7.71. The summed E-state index contributed by atoms with van der Waals surface area (Å²) in [6, 6.07) is 12.6. The lowest BCUT2D eigenvalue weighted by atomic mass is 10.3. The lowest BCUT2D eigenvalue weighted by molar-refractivity contribution is 0.429. The Kier molecular flexibility index (Phi) is 5.72. The molecule has 112 valence electrons. The second-order valence-electron chi connectivity index (χ2n) is 4.52. The molecule has 6 heteroatoms. The summed E-state index contributed by atoms with van der Waals surface area (Å²) < 4.78 is 27.7. The minimum atomic E-state index is -3.44. The molecule has 0 spiro atoms.